The highest BCUT2D eigenvalue weighted by Gasteiger charge is 2.38. The largest absolute Gasteiger partial charge is 0.485 e. The van der Waals surface area contributed by atoms with Crippen LogP contribution >= 0.6 is 0 Å². The molecule has 1 amide bonds. The lowest BCUT2D eigenvalue weighted by Gasteiger charge is -2.30. The lowest BCUT2D eigenvalue weighted by molar-refractivity contribution is -0.142. The Morgan fingerprint density at radius 3 is 2.65 bits per heavy atom. The number of para-hydroxylation sites is 2. The molecule has 0 unspecified atom stereocenters. The van der Waals surface area contributed by atoms with Gasteiger partial charge in [0.05, 0.1) is 12.2 Å². The van der Waals surface area contributed by atoms with E-state index in [2.05, 4.69) is 4.98 Å². The van der Waals surface area contributed by atoms with Crippen LogP contribution in [-0.4, -0.2) is 34.5 Å². The molecule has 23 heavy (non-hydrogen) atoms. The Balaban J connectivity index is 1.50. The zero-order chi connectivity index (χ0) is 15.6. The summed E-state index contributed by atoms with van der Waals surface area (Å²) in [6.07, 6.45) is 3.25. The van der Waals surface area contributed by atoms with Crippen molar-refractivity contribution < 1.29 is 14.3 Å². The molecule has 1 atom stereocenters. The molecule has 1 aliphatic heterocycles. The molecule has 1 saturated carbocycles. The van der Waals surface area contributed by atoms with Crippen LogP contribution in [0.3, 0.4) is 0 Å². The second kappa shape index (κ2) is 5.91. The Kier molecular flexibility index (Phi) is 3.61. The summed E-state index contributed by atoms with van der Waals surface area (Å²) in [6, 6.07) is 13.5. The van der Waals surface area contributed by atoms with Gasteiger partial charge in [-0.3, -0.25) is 9.78 Å². The van der Waals surface area contributed by atoms with Gasteiger partial charge in [0.1, 0.15) is 6.61 Å². The Morgan fingerprint density at radius 2 is 1.91 bits per heavy atom. The van der Waals surface area contributed by atoms with Crippen molar-refractivity contribution in [2.75, 3.05) is 6.61 Å². The summed E-state index contributed by atoms with van der Waals surface area (Å²) in [4.78, 5) is 19.1. The minimum atomic E-state index is -0.589. The van der Waals surface area contributed by atoms with E-state index < -0.39 is 6.10 Å². The second-order valence-corrected chi connectivity index (χ2v) is 5.88. The van der Waals surface area contributed by atoms with Gasteiger partial charge in [-0.2, -0.15) is 0 Å². The fraction of sp³-hybridized carbons (Fsp3) is 0.333. The lowest BCUT2D eigenvalue weighted by atomic mass is 10.2. The topological polar surface area (TPSA) is 51.7 Å². The summed E-state index contributed by atoms with van der Waals surface area (Å²) in [5, 5.41) is 0. The standard InChI is InChI=1S/C18H18N2O3/c21-18(17-12-22-15-6-1-2-7-16(15)23-17)20(14-8-9-14)11-13-5-3-4-10-19-13/h1-7,10,14,17H,8-9,11-12H2/t17-/m0/s1. The van der Waals surface area contributed by atoms with Gasteiger partial charge < -0.3 is 14.4 Å². The van der Waals surface area contributed by atoms with Crippen molar-refractivity contribution in [3.63, 3.8) is 0 Å². The van der Waals surface area contributed by atoms with Gasteiger partial charge in [-0.25, -0.2) is 0 Å². The van der Waals surface area contributed by atoms with E-state index in [1.54, 1.807) is 6.20 Å². The van der Waals surface area contributed by atoms with Crippen molar-refractivity contribution in [1.29, 1.82) is 0 Å². The van der Waals surface area contributed by atoms with Crippen LogP contribution < -0.4 is 9.47 Å². The predicted octanol–water partition coefficient (Wildman–Crippen LogP) is 2.41. The molecule has 2 aliphatic rings. The minimum Gasteiger partial charge on any atom is -0.485 e. The first-order chi connectivity index (χ1) is 11.3. The summed E-state index contributed by atoms with van der Waals surface area (Å²) >= 11 is 0. The maximum atomic E-state index is 12.9. The molecule has 118 valence electrons. The third-order valence-electron chi connectivity index (χ3n) is 4.11. The molecule has 0 radical (unpaired) electrons. The van der Waals surface area contributed by atoms with E-state index in [9.17, 15) is 4.79 Å². The van der Waals surface area contributed by atoms with Crippen LogP contribution in [0.1, 0.15) is 18.5 Å². The molecule has 0 spiro atoms. The monoisotopic (exact) mass is 310 g/mol. The summed E-state index contributed by atoms with van der Waals surface area (Å²) in [6.45, 7) is 0.771. The van der Waals surface area contributed by atoms with E-state index in [4.69, 9.17) is 9.47 Å². The zero-order valence-corrected chi connectivity index (χ0v) is 12.7. The van der Waals surface area contributed by atoms with Crippen molar-refractivity contribution in [2.45, 2.75) is 31.5 Å². The molecule has 0 saturated heterocycles. The molecule has 2 heterocycles. The molecule has 1 aromatic carbocycles. The highest BCUT2D eigenvalue weighted by Crippen LogP contribution is 2.33. The van der Waals surface area contributed by atoms with Gasteiger partial charge in [-0.1, -0.05) is 18.2 Å². The minimum absolute atomic E-state index is 0.0207. The fourth-order valence-corrected chi connectivity index (χ4v) is 2.77. The zero-order valence-electron chi connectivity index (χ0n) is 12.7. The van der Waals surface area contributed by atoms with Gasteiger partial charge in [-0.15, -0.1) is 0 Å². The quantitative estimate of drug-likeness (QED) is 0.870. The van der Waals surface area contributed by atoms with Crippen molar-refractivity contribution in [1.82, 2.24) is 9.88 Å². The number of carbonyl (C=O) groups excluding carboxylic acids is 1. The van der Waals surface area contributed by atoms with Gasteiger partial charge >= 0.3 is 0 Å². The van der Waals surface area contributed by atoms with Crippen LogP contribution in [0, 0.1) is 0 Å². The average Bonchev–Trinajstić information content (AvgIpc) is 3.44. The molecule has 0 bridgehead atoms. The molecule has 4 rings (SSSR count). The van der Waals surface area contributed by atoms with Gasteiger partial charge in [0.2, 0.25) is 6.10 Å². The number of carbonyl (C=O) groups is 1. The third-order valence-corrected chi connectivity index (χ3v) is 4.11. The Labute approximate surface area is 134 Å². The number of benzene rings is 1. The number of nitrogens with zero attached hydrogens (tertiary/aromatic N) is 2. The van der Waals surface area contributed by atoms with Gasteiger partial charge in [0, 0.05) is 12.2 Å². The summed E-state index contributed by atoms with van der Waals surface area (Å²) in [5.41, 5.74) is 0.893. The van der Waals surface area contributed by atoms with Crippen LogP contribution in [0.2, 0.25) is 0 Å². The first-order valence-corrected chi connectivity index (χ1v) is 7.90. The van der Waals surface area contributed by atoms with Gasteiger partial charge in [0.25, 0.3) is 5.91 Å². The van der Waals surface area contributed by atoms with E-state index in [0.29, 0.717) is 24.1 Å². The number of ether oxygens (including phenoxy) is 2. The summed E-state index contributed by atoms with van der Waals surface area (Å²) < 4.78 is 11.5. The molecular weight excluding hydrogens is 292 g/mol. The molecule has 5 nitrogen and oxygen atoms in total. The molecule has 5 heteroatoms. The van der Waals surface area contributed by atoms with E-state index in [-0.39, 0.29) is 12.5 Å². The molecule has 1 aromatic heterocycles. The van der Waals surface area contributed by atoms with Gasteiger partial charge in [0.15, 0.2) is 11.5 Å². The van der Waals surface area contributed by atoms with Crippen LogP contribution in [-0.2, 0) is 11.3 Å². The van der Waals surface area contributed by atoms with Crippen molar-refractivity contribution in [3.8, 4) is 11.5 Å². The lowest BCUT2D eigenvalue weighted by Crippen LogP contribution is -2.47. The van der Waals surface area contributed by atoms with Crippen LogP contribution in [0.15, 0.2) is 48.7 Å². The number of amides is 1. The molecule has 0 N–H and O–H groups in total. The fourth-order valence-electron chi connectivity index (χ4n) is 2.77. The summed E-state index contributed by atoms with van der Waals surface area (Å²) in [7, 11) is 0. The number of rotatable bonds is 4. The van der Waals surface area contributed by atoms with E-state index in [1.807, 2.05) is 47.4 Å². The highest BCUT2D eigenvalue weighted by molar-refractivity contribution is 5.82. The Hall–Kier alpha value is -2.56. The van der Waals surface area contributed by atoms with Crippen molar-refractivity contribution in [3.05, 3.63) is 54.4 Å². The predicted molar refractivity (Wildman–Crippen MR) is 84.2 cm³/mol. The maximum Gasteiger partial charge on any atom is 0.267 e. The molecule has 2 aromatic rings. The van der Waals surface area contributed by atoms with E-state index in [0.717, 1.165) is 18.5 Å². The third kappa shape index (κ3) is 2.99. The van der Waals surface area contributed by atoms with Crippen molar-refractivity contribution >= 4 is 5.91 Å². The first-order valence-electron chi connectivity index (χ1n) is 7.90. The maximum absolute atomic E-state index is 12.9. The number of hydrogen-bond donors (Lipinski definition) is 0. The molecular formula is C18H18N2O3. The van der Waals surface area contributed by atoms with Crippen molar-refractivity contribution in [2.24, 2.45) is 0 Å². The SMILES string of the molecule is O=C([C@@H]1COc2ccccc2O1)N(Cc1ccccn1)C1CC1. The van der Waals surface area contributed by atoms with Crippen LogP contribution in [0.4, 0.5) is 0 Å². The first kappa shape index (κ1) is 14.1. The molecule has 1 aliphatic carbocycles. The van der Waals surface area contributed by atoms with Crippen LogP contribution in [0.5, 0.6) is 11.5 Å². The number of pyridine rings is 1. The Bertz CT molecular complexity index is 700. The summed E-state index contributed by atoms with van der Waals surface area (Å²) in [5.74, 6) is 1.30. The average molecular weight is 310 g/mol. The normalized spacial score (nSPS) is 19.2. The van der Waals surface area contributed by atoms with Crippen LogP contribution in [0.25, 0.3) is 0 Å². The van der Waals surface area contributed by atoms with E-state index in [1.165, 1.54) is 0 Å². The van der Waals surface area contributed by atoms with E-state index >= 15 is 0 Å². The number of hydrogen-bond acceptors (Lipinski definition) is 4. The number of fused-ring (bicyclic) bond motifs is 1. The number of aromatic nitrogens is 1. The second-order valence-electron chi connectivity index (χ2n) is 5.88. The van der Waals surface area contributed by atoms with Gasteiger partial charge in [-0.05, 0) is 37.1 Å². The highest BCUT2D eigenvalue weighted by atomic mass is 16.6. The molecule has 1 fully saturated rings. The Morgan fingerprint density at radius 1 is 1.13 bits per heavy atom. The smallest absolute Gasteiger partial charge is 0.267 e.